The second-order valence-electron chi connectivity index (χ2n) is 11.2. The van der Waals surface area contributed by atoms with Gasteiger partial charge in [-0.05, 0) is 61.0 Å². The van der Waals surface area contributed by atoms with Crippen molar-refractivity contribution in [1.82, 2.24) is 0 Å². The van der Waals surface area contributed by atoms with E-state index in [-0.39, 0.29) is 5.82 Å². The molecule has 2 aliphatic heterocycles. The van der Waals surface area contributed by atoms with Gasteiger partial charge in [-0.15, -0.1) is 0 Å². The summed E-state index contributed by atoms with van der Waals surface area (Å²) in [5.41, 5.74) is -0.602. The molecule has 2 saturated heterocycles. The van der Waals surface area contributed by atoms with Crippen LogP contribution in [-0.2, 0) is 18.6 Å². The molecule has 2 heterocycles. The Balaban J connectivity index is 1.78. The van der Waals surface area contributed by atoms with Crippen LogP contribution in [-0.4, -0.2) is 36.6 Å². The molecule has 1 aromatic carbocycles. The molecule has 1 aromatic rings. The van der Waals surface area contributed by atoms with Crippen LogP contribution in [0.3, 0.4) is 0 Å². The van der Waals surface area contributed by atoms with E-state index in [1.165, 1.54) is 0 Å². The molecule has 4 nitrogen and oxygen atoms in total. The Labute approximate surface area is 194 Å². The molecule has 0 spiro atoms. The van der Waals surface area contributed by atoms with E-state index in [1.54, 1.807) is 0 Å². The zero-order valence-electron chi connectivity index (χ0n) is 20.7. The highest BCUT2D eigenvalue weighted by Crippen LogP contribution is 2.58. The van der Waals surface area contributed by atoms with Crippen LogP contribution in [0.5, 0.6) is 0 Å². The van der Waals surface area contributed by atoms with E-state index in [9.17, 15) is 0 Å². The van der Waals surface area contributed by atoms with Crippen LogP contribution in [0.25, 0.3) is 6.08 Å². The smallest absolute Gasteiger partial charge is 0.403 e. The standard InChI is InChI=1S/C26H36B2O4/c1-22(2)23(3,4)30-27(29-22)21-16-12-13-18-26(21,19-17-20-14-10-9-11-15-20)28-31-24(5,6)25(7,8)32-28/h9-19,21H,1-8H3/b19-17-/t21-,26-/m1/s1. The van der Waals surface area contributed by atoms with Gasteiger partial charge in [-0.3, -0.25) is 0 Å². The third-order valence-electron chi connectivity index (χ3n) is 7.98. The maximum Gasteiger partial charge on any atom is 0.472 e. The maximum atomic E-state index is 6.62. The normalized spacial score (nSPS) is 32.2. The molecule has 0 saturated carbocycles. The van der Waals surface area contributed by atoms with Gasteiger partial charge >= 0.3 is 14.2 Å². The molecule has 2 fully saturated rings. The fraction of sp³-hybridized carbons (Fsp3) is 0.538. The SMILES string of the molecule is CC1(C)OB([C@@H]2C=CC=C[C@]2(/C=C\c2ccccc2)B2OC(C)(C)C(C)(C)O2)OC1(C)C. The predicted octanol–water partition coefficient (Wildman–Crippen LogP) is 6.12. The van der Waals surface area contributed by atoms with Gasteiger partial charge < -0.3 is 18.6 Å². The molecule has 6 heteroatoms. The van der Waals surface area contributed by atoms with Crippen LogP contribution in [0.2, 0.25) is 11.1 Å². The fourth-order valence-corrected chi connectivity index (χ4v) is 4.38. The lowest BCUT2D eigenvalue weighted by Crippen LogP contribution is -2.43. The lowest BCUT2D eigenvalue weighted by molar-refractivity contribution is 0.00578. The fourth-order valence-electron chi connectivity index (χ4n) is 4.38. The van der Waals surface area contributed by atoms with Crippen molar-refractivity contribution in [3.05, 3.63) is 66.3 Å². The Morgan fingerprint density at radius 3 is 1.81 bits per heavy atom. The number of hydrogen-bond donors (Lipinski definition) is 0. The first-order valence-electron chi connectivity index (χ1n) is 11.6. The molecule has 0 unspecified atom stereocenters. The Morgan fingerprint density at radius 2 is 1.25 bits per heavy atom. The van der Waals surface area contributed by atoms with E-state index in [0.29, 0.717) is 0 Å². The van der Waals surface area contributed by atoms with Crippen LogP contribution >= 0.6 is 0 Å². The van der Waals surface area contributed by atoms with Gasteiger partial charge in [-0.25, -0.2) is 0 Å². The topological polar surface area (TPSA) is 36.9 Å². The van der Waals surface area contributed by atoms with E-state index in [4.69, 9.17) is 18.6 Å². The van der Waals surface area contributed by atoms with Crippen molar-refractivity contribution >= 4 is 20.3 Å². The van der Waals surface area contributed by atoms with Crippen molar-refractivity contribution in [2.24, 2.45) is 0 Å². The molecule has 32 heavy (non-hydrogen) atoms. The number of hydrogen-bond acceptors (Lipinski definition) is 4. The Hall–Kier alpha value is -1.59. The second-order valence-corrected chi connectivity index (χ2v) is 11.2. The van der Waals surface area contributed by atoms with Gasteiger partial charge in [0.2, 0.25) is 0 Å². The summed E-state index contributed by atoms with van der Waals surface area (Å²) in [4.78, 5) is 0. The highest BCUT2D eigenvalue weighted by atomic mass is 16.7. The number of allylic oxidation sites excluding steroid dienone is 5. The monoisotopic (exact) mass is 434 g/mol. The lowest BCUT2D eigenvalue weighted by Gasteiger charge is -2.38. The van der Waals surface area contributed by atoms with Crippen molar-refractivity contribution in [2.45, 2.75) is 88.9 Å². The van der Waals surface area contributed by atoms with Gasteiger partial charge in [-0.1, -0.05) is 66.8 Å². The third-order valence-corrected chi connectivity index (χ3v) is 7.98. The van der Waals surface area contributed by atoms with Crippen LogP contribution < -0.4 is 0 Å². The van der Waals surface area contributed by atoms with Gasteiger partial charge in [0, 0.05) is 11.1 Å². The quantitative estimate of drug-likeness (QED) is 0.535. The van der Waals surface area contributed by atoms with E-state index in [0.717, 1.165) is 5.56 Å². The molecular formula is C26H36B2O4. The maximum absolute atomic E-state index is 6.62. The molecule has 2 atom stereocenters. The largest absolute Gasteiger partial charge is 0.472 e. The summed E-state index contributed by atoms with van der Waals surface area (Å²) < 4.78 is 26.3. The van der Waals surface area contributed by atoms with Crippen molar-refractivity contribution in [1.29, 1.82) is 0 Å². The number of benzene rings is 1. The highest BCUT2D eigenvalue weighted by molar-refractivity contribution is 6.58. The summed E-state index contributed by atoms with van der Waals surface area (Å²) in [6.45, 7) is 16.7. The first-order chi connectivity index (χ1) is 14.8. The Bertz CT molecular complexity index is 900. The van der Waals surface area contributed by atoms with Crippen LogP contribution in [0.15, 0.2) is 60.7 Å². The van der Waals surface area contributed by atoms with E-state index < -0.39 is 42.0 Å². The van der Waals surface area contributed by atoms with E-state index in [2.05, 4.69) is 104 Å². The second kappa shape index (κ2) is 7.73. The zero-order valence-corrected chi connectivity index (χ0v) is 20.7. The van der Waals surface area contributed by atoms with Crippen molar-refractivity contribution in [2.75, 3.05) is 0 Å². The molecule has 4 rings (SSSR count). The van der Waals surface area contributed by atoms with E-state index in [1.807, 2.05) is 18.2 Å². The van der Waals surface area contributed by atoms with Crippen LogP contribution in [0, 0.1) is 0 Å². The molecule has 170 valence electrons. The third kappa shape index (κ3) is 3.85. The molecule has 0 amide bonds. The van der Waals surface area contributed by atoms with Crippen molar-refractivity contribution < 1.29 is 18.6 Å². The van der Waals surface area contributed by atoms with Gasteiger partial charge in [0.1, 0.15) is 0 Å². The summed E-state index contributed by atoms with van der Waals surface area (Å²) in [7, 11) is -0.918. The summed E-state index contributed by atoms with van der Waals surface area (Å²) in [5, 5.41) is -0.600. The highest BCUT2D eigenvalue weighted by Gasteiger charge is 2.65. The van der Waals surface area contributed by atoms with Crippen LogP contribution in [0.4, 0.5) is 0 Å². The van der Waals surface area contributed by atoms with Crippen molar-refractivity contribution in [3.8, 4) is 0 Å². The predicted molar refractivity (Wildman–Crippen MR) is 132 cm³/mol. The summed E-state index contributed by atoms with van der Waals surface area (Å²) in [6, 6.07) is 10.3. The minimum absolute atomic E-state index is 0.122. The Kier molecular flexibility index (Phi) is 5.69. The molecular weight excluding hydrogens is 398 g/mol. The van der Waals surface area contributed by atoms with Gasteiger partial charge in [0.25, 0.3) is 0 Å². The molecule has 0 N–H and O–H groups in total. The summed E-state index contributed by atoms with van der Waals surface area (Å²) in [6.07, 6.45) is 12.8. The Morgan fingerprint density at radius 1 is 0.719 bits per heavy atom. The molecule has 1 aliphatic carbocycles. The average molecular weight is 434 g/mol. The molecule has 3 aliphatic rings. The van der Waals surface area contributed by atoms with Crippen molar-refractivity contribution in [3.63, 3.8) is 0 Å². The average Bonchev–Trinajstić information content (AvgIpc) is 3.07. The minimum Gasteiger partial charge on any atom is -0.403 e. The lowest BCUT2D eigenvalue weighted by atomic mass is 9.41. The minimum atomic E-state index is -0.600. The number of rotatable bonds is 4. The molecule has 0 bridgehead atoms. The molecule has 0 aromatic heterocycles. The first kappa shape index (κ1) is 23.6. The van der Waals surface area contributed by atoms with Gasteiger partial charge in [-0.2, -0.15) is 0 Å². The first-order valence-corrected chi connectivity index (χ1v) is 11.6. The van der Waals surface area contributed by atoms with Gasteiger partial charge in [0.05, 0.1) is 22.4 Å². The summed E-state index contributed by atoms with van der Waals surface area (Å²) >= 11 is 0. The van der Waals surface area contributed by atoms with E-state index >= 15 is 0 Å². The van der Waals surface area contributed by atoms with Gasteiger partial charge in [0.15, 0.2) is 0 Å². The van der Waals surface area contributed by atoms with Crippen LogP contribution in [0.1, 0.15) is 61.0 Å². The molecule has 0 radical (unpaired) electrons. The summed E-state index contributed by atoms with van der Waals surface area (Å²) in [5.74, 6) is -0.122. The zero-order chi connectivity index (χ0) is 23.4.